The van der Waals surface area contributed by atoms with Crippen molar-refractivity contribution in [3.63, 3.8) is 0 Å². The molecule has 0 saturated carbocycles. The quantitative estimate of drug-likeness (QED) is 0.415. The molecule has 0 amide bonds. The van der Waals surface area contributed by atoms with Crippen molar-refractivity contribution in [1.29, 1.82) is 0 Å². The van der Waals surface area contributed by atoms with E-state index in [0.717, 1.165) is 24.3 Å². The molecular weight excluding hydrogens is 373 g/mol. The molecule has 7 nitrogen and oxygen atoms in total. The first-order valence-electron chi connectivity index (χ1n) is 8.29. The summed E-state index contributed by atoms with van der Waals surface area (Å²) < 4.78 is 41.5. The van der Waals surface area contributed by atoms with Crippen molar-refractivity contribution in [2.75, 3.05) is 5.73 Å². The summed E-state index contributed by atoms with van der Waals surface area (Å²) in [5.74, 6) is -0.563. The van der Waals surface area contributed by atoms with Gasteiger partial charge in [0.05, 0.1) is 26.5 Å². The Morgan fingerprint density at radius 3 is 1.89 bits per heavy atom. The smallest absolute Gasteiger partial charge is 0.316 e. The molecule has 0 radical (unpaired) electrons. The van der Waals surface area contributed by atoms with E-state index in [1.165, 1.54) is 21.3 Å². The Balaban J connectivity index is 2.41. The summed E-state index contributed by atoms with van der Waals surface area (Å²) in [5.41, 5.74) is 5.16. The molecule has 0 aliphatic heterocycles. The minimum atomic E-state index is -4.04. The van der Waals surface area contributed by atoms with Crippen molar-refractivity contribution >= 4 is 26.6 Å². The number of nitrogens with two attached hydrogens (primary N) is 1. The molecule has 27 heavy (non-hydrogen) atoms. The largest absolute Gasteiger partial charge is 0.398 e. The lowest BCUT2D eigenvalue weighted by atomic mass is 10.2. The fourth-order valence-corrected chi connectivity index (χ4v) is 4.44. The standard InChI is InChI=1S/C18H18FN3O4S/c1-3-21-14-9-13(20)16(10-15(14)22(4-2)18(24)17(21)23)27(25,26)12-7-5-11(19)6-8-12/h5-10H,3-4,20H2,1-2H3. The van der Waals surface area contributed by atoms with Crippen LogP contribution in [0.3, 0.4) is 0 Å². The van der Waals surface area contributed by atoms with E-state index in [1.54, 1.807) is 13.8 Å². The van der Waals surface area contributed by atoms with Crippen LogP contribution in [0.4, 0.5) is 10.1 Å². The maximum atomic E-state index is 13.1. The van der Waals surface area contributed by atoms with E-state index in [4.69, 9.17) is 5.73 Å². The zero-order valence-corrected chi connectivity index (χ0v) is 15.6. The number of aryl methyl sites for hydroxylation is 2. The molecule has 0 aliphatic rings. The van der Waals surface area contributed by atoms with Crippen LogP contribution in [0, 0.1) is 5.82 Å². The SMILES string of the molecule is CCn1c(=O)c(=O)n(CC)c2cc(S(=O)(=O)c3ccc(F)cc3)c(N)cc21. The predicted octanol–water partition coefficient (Wildman–Crippen LogP) is 1.76. The maximum Gasteiger partial charge on any atom is 0.316 e. The molecule has 0 unspecified atom stereocenters. The Bertz CT molecular complexity index is 1260. The van der Waals surface area contributed by atoms with E-state index in [1.807, 2.05) is 0 Å². The monoisotopic (exact) mass is 391 g/mol. The van der Waals surface area contributed by atoms with Crippen LogP contribution in [0.25, 0.3) is 11.0 Å². The van der Waals surface area contributed by atoms with Crippen molar-refractivity contribution < 1.29 is 12.8 Å². The van der Waals surface area contributed by atoms with Gasteiger partial charge in [0.1, 0.15) is 5.82 Å². The van der Waals surface area contributed by atoms with Crippen LogP contribution < -0.4 is 16.9 Å². The van der Waals surface area contributed by atoms with Gasteiger partial charge in [-0.2, -0.15) is 0 Å². The molecule has 9 heteroatoms. The Hall–Kier alpha value is -2.94. The third-order valence-electron chi connectivity index (χ3n) is 4.41. The maximum absolute atomic E-state index is 13.1. The van der Waals surface area contributed by atoms with Crippen LogP contribution in [0.1, 0.15) is 13.8 Å². The van der Waals surface area contributed by atoms with Crippen LogP contribution >= 0.6 is 0 Å². The van der Waals surface area contributed by atoms with E-state index in [2.05, 4.69) is 0 Å². The predicted molar refractivity (Wildman–Crippen MR) is 100 cm³/mol. The van der Waals surface area contributed by atoms with Crippen LogP contribution in [-0.4, -0.2) is 17.6 Å². The zero-order chi connectivity index (χ0) is 19.9. The molecule has 1 aromatic heterocycles. The van der Waals surface area contributed by atoms with Crippen LogP contribution in [-0.2, 0) is 22.9 Å². The number of halogens is 1. The number of rotatable bonds is 4. The van der Waals surface area contributed by atoms with E-state index < -0.39 is 26.8 Å². The van der Waals surface area contributed by atoms with Crippen LogP contribution in [0.15, 0.2) is 55.8 Å². The fraction of sp³-hybridized carbons (Fsp3) is 0.222. The number of sulfone groups is 1. The molecule has 0 spiro atoms. The lowest BCUT2D eigenvalue weighted by molar-refractivity contribution is 0.595. The summed E-state index contributed by atoms with van der Waals surface area (Å²) in [6.45, 7) is 3.81. The second kappa shape index (κ2) is 6.66. The second-order valence-corrected chi connectivity index (χ2v) is 7.85. The number of aromatic nitrogens is 2. The number of fused-ring (bicyclic) bond motifs is 1. The highest BCUT2D eigenvalue weighted by Gasteiger charge is 2.23. The summed E-state index contributed by atoms with van der Waals surface area (Å²) in [6, 6.07) is 7.05. The van der Waals surface area contributed by atoms with E-state index in [-0.39, 0.29) is 28.6 Å². The van der Waals surface area contributed by atoms with Gasteiger partial charge in [0.2, 0.25) is 9.84 Å². The number of nitrogen functional groups attached to an aromatic ring is 1. The molecule has 2 N–H and O–H groups in total. The van der Waals surface area contributed by atoms with Crippen molar-refractivity contribution in [3.8, 4) is 0 Å². The van der Waals surface area contributed by atoms with Gasteiger partial charge in [-0.1, -0.05) is 0 Å². The minimum Gasteiger partial charge on any atom is -0.398 e. The Labute approximate surface area is 154 Å². The average molecular weight is 391 g/mol. The number of anilines is 1. The molecule has 0 atom stereocenters. The topological polar surface area (TPSA) is 104 Å². The molecule has 0 bridgehead atoms. The molecule has 2 aromatic carbocycles. The minimum absolute atomic E-state index is 0.0604. The highest BCUT2D eigenvalue weighted by molar-refractivity contribution is 7.91. The molecular formula is C18H18FN3O4S. The number of hydrogen-bond acceptors (Lipinski definition) is 5. The van der Waals surface area contributed by atoms with E-state index >= 15 is 0 Å². The van der Waals surface area contributed by atoms with Gasteiger partial charge in [0.15, 0.2) is 0 Å². The first kappa shape index (κ1) is 18.8. The molecule has 142 valence electrons. The molecule has 0 saturated heterocycles. The van der Waals surface area contributed by atoms with Gasteiger partial charge < -0.3 is 14.9 Å². The average Bonchev–Trinajstić information content (AvgIpc) is 2.63. The molecule has 0 fully saturated rings. The molecule has 3 rings (SSSR count). The van der Waals surface area contributed by atoms with Crippen LogP contribution in [0.5, 0.6) is 0 Å². The summed E-state index contributed by atoms with van der Waals surface area (Å²) in [5, 5.41) is 0. The Kier molecular flexibility index (Phi) is 4.64. The highest BCUT2D eigenvalue weighted by Crippen LogP contribution is 2.29. The molecule has 1 heterocycles. The van der Waals surface area contributed by atoms with E-state index in [0.29, 0.717) is 11.0 Å². The van der Waals surface area contributed by atoms with E-state index in [9.17, 15) is 22.4 Å². The summed E-state index contributed by atoms with van der Waals surface area (Å²) >= 11 is 0. The first-order valence-corrected chi connectivity index (χ1v) is 9.78. The third-order valence-corrected chi connectivity index (χ3v) is 6.23. The van der Waals surface area contributed by atoms with Gasteiger partial charge in [0.25, 0.3) is 0 Å². The summed E-state index contributed by atoms with van der Waals surface area (Å²) in [4.78, 5) is 24.3. The van der Waals surface area contributed by atoms with Crippen LogP contribution in [0.2, 0.25) is 0 Å². The summed E-state index contributed by atoms with van der Waals surface area (Å²) in [6.07, 6.45) is 0. The lowest BCUT2D eigenvalue weighted by Gasteiger charge is -2.16. The normalized spacial score (nSPS) is 11.8. The van der Waals surface area contributed by atoms with Gasteiger partial charge in [0, 0.05) is 13.1 Å². The fourth-order valence-electron chi connectivity index (χ4n) is 3.06. The van der Waals surface area contributed by atoms with Gasteiger partial charge in [-0.05, 0) is 50.2 Å². The lowest BCUT2D eigenvalue weighted by Crippen LogP contribution is -2.41. The molecule has 0 aliphatic carbocycles. The van der Waals surface area contributed by atoms with Crippen molar-refractivity contribution in [2.24, 2.45) is 0 Å². The number of nitrogens with zero attached hydrogens (tertiary/aromatic N) is 2. The first-order chi connectivity index (χ1) is 12.7. The number of benzene rings is 2. The van der Waals surface area contributed by atoms with Gasteiger partial charge >= 0.3 is 11.1 Å². The van der Waals surface area contributed by atoms with Gasteiger partial charge in [-0.15, -0.1) is 0 Å². The van der Waals surface area contributed by atoms with Gasteiger partial charge in [-0.3, -0.25) is 9.59 Å². The third kappa shape index (κ3) is 2.93. The number of hydrogen-bond donors (Lipinski definition) is 1. The zero-order valence-electron chi connectivity index (χ0n) is 14.8. The van der Waals surface area contributed by atoms with Crippen molar-refractivity contribution in [3.05, 3.63) is 62.9 Å². The van der Waals surface area contributed by atoms with Gasteiger partial charge in [-0.25, -0.2) is 12.8 Å². The molecule has 3 aromatic rings. The summed E-state index contributed by atoms with van der Waals surface area (Å²) in [7, 11) is -4.04. The highest BCUT2D eigenvalue weighted by atomic mass is 32.2. The Morgan fingerprint density at radius 2 is 1.41 bits per heavy atom. The van der Waals surface area contributed by atoms with Crippen molar-refractivity contribution in [2.45, 2.75) is 36.7 Å². The Morgan fingerprint density at radius 1 is 0.926 bits per heavy atom. The second-order valence-electron chi connectivity index (χ2n) is 5.93. The van der Waals surface area contributed by atoms with Crippen molar-refractivity contribution in [1.82, 2.24) is 9.13 Å².